The van der Waals surface area contributed by atoms with Gasteiger partial charge >= 0.3 is 0 Å². The summed E-state index contributed by atoms with van der Waals surface area (Å²) >= 11 is 0. The predicted molar refractivity (Wildman–Crippen MR) is 44.2 cm³/mol. The Bertz CT molecular complexity index is 399. The Labute approximate surface area is 68.2 Å². The number of fused-ring (bicyclic) bond motifs is 1. The molecule has 0 amide bonds. The van der Waals surface area contributed by atoms with Crippen LogP contribution < -0.4 is 5.73 Å². The van der Waals surface area contributed by atoms with Gasteiger partial charge in [-0.1, -0.05) is 0 Å². The fourth-order valence-corrected chi connectivity index (χ4v) is 1.27. The molecular weight excluding hydrogens is 158 g/mol. The van der Waals surface area contributed by atoms with E-state index in [1.807, 2.05) is 0 Å². The molecule has 2 rings (SSSR count). The smallest absolute Gasteiger partial charge is 0.193 e. The number of aromatic nitrogens is 2. The maximum Gasteiger partial charge on any atom is 0.193 e. The number of anilines is 1. The minimum absolute atomic E-state index is 0.0998. The summed E-state index contributed by atoms with van der Waals surface area (Å²) in [6.07, 6.45) is 0. The zero-order valence-electron chi connectivity index (χ0n) is 6.52. The van der Waals surface area contributed by atoms with Gasteiger partial charge in [-0.2, -0.15) is 4.73 Å². The Balaban J connectivity index is 2.93. The maximum absolute atomic E-state index is 9.30. The van der Waals surface area contributed by atoms with Gasteiger partial charge in [0, 0.05) is 19.2 Å². The molecule has 0 bridgehead atoms. The second-order valence-corrected chi connectivity index (χ2v) is 2.71. The minimum atomic E-state index is 0.0998. The lowest BCUT2D eigenvalue weighted by molar-refractivity contribution is 0.206. The normalized spacial score (nSPS) is 11.1. The van der Waals surface area contributed by atoms with Gasteiger partial charge < -0.3 is 20.6 Å². The fraction of sp³-hybridized carbons (Fsp3) is 0.143. The summed E-state index contributed by atoms with van der Waals surface area (Å²) in [4.78, 5) is 0. The van der Waals surface area contributed by atoms with Gasteiger partial charge in [-0.05, 0) is 0 Å². The maximum atomic E-state index is 9.30. The summed E-state index contributed by atoms with van der Waals surface area (Å²) in [7, 11) is 1.69. The van der Waals surface area contributed by atoms with Gasteiger partial charge in [0.25, 0.3) is 0 Å². The second-order valence-electron chi connectivity index (χ2n) is 2.71. The molecule has 0 aliphatic carbocycles. The van der Waals surface area contributed by atoms with Crippen LogP contribution in [-0.2, 0) is 7.05 Å². The van der Waals surface area contributed by atoms with Crippen molar-refractivity contribution in [2.24, 2.45) is 7.05 Å². The zero-order chi connectivity index (χ0) is 8.88. The molecule has 64 valence electrons. The van der Waals surface area contributed by atoms with Crippen molar-refractivity contribution >= 4 is 16.9 Å². The highest BCUT2D eigenvalue weighted by molar-refractivity contribution is 5.83. The van der Waals surface area contributed by atoms with Gasteiger partial charge in [-0.3, -0.25) is 0 Å². The summed E-state index contributed by atoms with van der Waals surface area (Å²) in [6.45, 7) is 0. The molecule has 0 atom stereocenters. The monoisotopic (exact) mass is 167 g/mol. The molecule has 0 unspecified atom stereocenters. The number of aromatic hydroxyl groups is 1. The molecular formula is C7H9N3O2. The molecule has 0 aliphatic rings. The predicted octanol–water partition coefficient (Wildman–Crippen LogP) is 0.505. The molecule has 0 saturated carbocycles. The van der Waals surface area contributed by atoms with Gasteiger partial charge in [-0.25, -0.2) is 0 Å². The fourth-order valence-electron chi connectivity index (χ4n) is 1.27. The van der Waals surface area contributed by atoms with Crippen molar-refractivity contribution in [1.29, 1.82) is 0 Å². The SMILES string of the molecule is Cn1c(O)cc2c1cc(N)n2O. The number of nitrogen functional groups attached to an aromatic ring is 1. The topological polar surface area (TPSA) is 76.3 Å². The van der Waals surface area contributed by atoms with E-state index in [1.54, 1.807) is 17.7 Å². The van der Waals surface area contributed by atoms with Crippen LogP contribution in [0.15, 0.2) is 12.1 Å². The van der Waals surface area contributed by atoms with Crippen molar-refractivity contribution in [3.63, 3.8) is 0 Å². The Morgan fingerprint density at radius 2 is 2.00 bits per heavy atom. The van der Waals surface area contributed by atoms with Crippen LogP contribution in [0.1, 0.15) is 0 Å². The standard InChI is InChI=1S/C7H9N3O2/c1-9-4-2-6(8)10(12)5(4)3-7(9)11/h2-3,11-12H,8H2,1H3. The van der Waals surface area contributed by atoms with Crippen LogP contribution >= 0.6 is 0 Å². The molecule has 0 fully saturated rings. The average Bonchev–Trinajstić information content (AvgIpc) is 2.43. The van der Waals surface area contributed by atoms with Gasteiger partial charge in [0.15, 0.2) is 5.88 Å². The van der Waals surface area contributed by atoms with E-state index in [0.717, 1.165) is 4.73 Å². The number of rotatable bonds is 0. The van der Waals surface area contributed by atoms with E-state index < -0.39 is 0 Å². The lowest BCUT2D eigenvalue weighted by Gasteiger charge is -1.93. The van der Waals surface area contributed by atoms with Crippen molar-refractivity contribution in [1.82, 2.24) is 9.30 Å². The van der Waals surface area contributed by atoms with E-state index >= 15 is 0 Å². The molecule has 0 spiro atoms. The van der Waals surface area contributed by atoms with E-state index in [0.29, 0.717) is 11.0 Å². The molecule has 2 aromatic rings. The summed E-state index contributed by atoms with van der Waals surface area (Å²) in [6, 6.07) is 3.04. The number of hydrogen-bond donors (Lipinski definition) is 3. The summed E-state index contributed by atoms with van der Waals surface area (Å²) in [5.41, 5.74) is 6.64. The number of hydrogen-bond acceptors (Lipinski definition) is 3. The van der Waals surface area contributed by atoms with Crippen LogP contribution in [-0.4, -0.2) is 19.6 Å². The van der Waals surface area contributed by atoms with Crippen molar-refractivity contribution in [2.75, 3.05) is 5.73 Å². The molecule has 0 radical (unpaired) electrons. The lowest BCUT2D eigenvalue weighted by Crippen LogP contribution is -1.95. The quantitative estimate of drug-likeness (QED) is 0.500. The Kier molecular flexibility index (Phi) is 1.08. The molecule has 2 aromatic heterocycles. The number of nitrogens with two attached hydrogens (primary N) is 1. The average molecular weight is 167 g/mol. The second kappa shape index (κ2) is 1.88. The molecule has 5 nitrogen and oxygen atoms in total. The van der Waals surface area contributed by atoms with E-state index in [9.17, 15) is 10.3 Å². The first kappa shape index (κ1) is 6.90. The number of aryl methyl sites for hydroxylation is 1. The highest BCUT2D eigenvalue weighted by Gasteiger charge is 2.11. The highest BCUT2D eigenvalue weighted by Crippen LogP contribution is 2.26. The molecule has 4 N–H and O–H groups in total. The van der Waals surface area contributed by atoms with Crippen LogP contribution in [0.2, 0.25) is 0 Å². The van der Waals surface area contributed by atoms with Crippen molar-refractivity contribution < 1.29 is 10.3 Å². The first-order chi connectivity index (χ1) is 5.61. The highest BCUT2D eigenvalue weighted by atomic mass is 16.5. The largest absolute Gasteiger partial charge is 0.494 e. The van der Waals surface area contributed by atoms with Crippen LogP contribution in [0, 0.1) is 0 Å². The van der Waals surface area contributed by atoms with E-state index in [1.165, 1.54) is 6.07 Å². The third-order valence-electron chi connectivity index (χ3n) is 1.99. The number of nitrogens with zero attached hydrogens (tertiary/aromatic N) is 2. The lowest BCUT2D eigenvalue weighted by atomic mass is 10.5. The molecule has 2 heterocycles. The van der Waals surface area contributed by atoms with Gasteiger partial charge in [0.05, 0.1) is 5.52 Å². The first-order valence-corrected chi connectivity index (χ1v) is 3.46. The summed E-state index contributed by atoms with van der Waals surface area (Å²) in [5.74, 6) is 0.360. The van der Waals surface area contributed by atoms with Crippen LogP contribution in [0.25, 0.3) is 11.0 Å². The van der Waals surface area contributed by atoms with Crippen molar-refractivity contribution in [2.45, 2.75) is 0 Å². The third kappa shape index (κ3) is 0.623. The van der Waals surface area contributed by atoms with Crippen LogP contribution in [0.3, 0.4) is 0 Å². The first-order valence-electron chi connectivity index (χ1n) is 3.46. The van der Waals surface area contributed by atoms with Crippen molar-refractivity contribution in [3.05, 3.63) is 12.1 Å². The molecule has 5 heteroatoms. The minimum Gasteiger partial charge on any atom is -0.494 e. The Morgan fingerprint density at radius 3 is 2.58 bits per heavy atom. The Morgan fingerprint density at radius 1 is 1.33 bits per heavy atom. The van der Waals surface area contributed by atoms with E-state index in [2.05, 4.69) is 0 Å². The molecule has 12 heavy (non-hydrogen) atoms. The van der Waals surface area contributed by atoms with E-state index in [4.69, 9.17) is 5.73 Å². The Hall–Kier alpha value is -1.78. The molecule has 0 saturated heterocycles. The van der Waals surface area contributed by atoms with Gasteiger partial charge in [-0.15, -0.1) is 0 Å². The van der Waals surface area contributed by atoms with Gasteiger partial charge in [0.1, 0.15) is 11.3 Å². The van der Waals surface area contributed by atoms with Gasteiger partial charge in [0.2, 0.25) is 0 Å². The van der Waals surface area contributed by atoms with Crippen LogP contribution in [0.4, 0.5) is 5.82 Å². The molecule has 0 aromatic carbocycles. The van der Waals surface area contributed by atoms with Crippen molar-refractivity contribution in [3.8, 4) is 5.88 Å². The molecule has 0 aliphatic heterocycles. The summed E-state index contributed by atoms with van der Waals surface area (Å²) < 4.78 is 2.38. The van der Waals surface area contributed by atoms with E-state index in [-0.39, 0.29) is 11.7 Å². The van der Waals surface area contributed by atoms with Crippen LogP contribution in [0.5, 0.6) is 5.88 Å². The zero-order valence-corrected chi connectivity index (χ0v) is 6.52. The summed E-state index contributed by atoms with van der Waals surface area (Å²) in [5, 5.41) is 18.5. The third-order valence-corrected chi connectivity index (χ3v) is 1.99.